The van der Waals surface area contributed by atoms with Gasteiger partial charge in [0.1, 0.15) is 29.5 Å². The van der Waals surface area contributed by atoms with E-state index in [2.05, 4.69) is 15.9 Å². The van der Waals surface area contributed by atoms with E-state index in [1.807, 2.05) is 0 Å². The van der Waals surface area contributed by atoms with Crippen LogP contribution in [0.2, 0.25) is 0 Å². The highest BCUT2D eigenvalue weighted by Gasteiger charge is 2.55. The first-order chi connectivity index (χ1) is 16.8. The molecule has 1 aliphatic heterocycles. The highest BCUT2D eigenvalue weighted by molar-refractivity contribution is 9.09. The van der Waals surface area contributed by atoms with Gasteiger partial charge in [-0.25, -0.2) is 4.79 Å². The molecule has 0 aromatic heterocycles. The predicted molar refractivity (Wildman–Crippen MR) is 135 cm³/mol. The number of halogens is 1. The molecule has 9 nitrogen and oxygen atoms in total. The van der Waals surface area contributed by atoms with Gasteiger partial charge in [-0.15, -0.1) is 0 Å². The molecule has 1 aliphatic rings. The SMILES string of the molecule is COc1ccc(COC(=O)C(=C(O)CBr)N2C(=O)C(N(C(C)=O)c3ccccc3)C2SC=O)cc1. The minimum absolute atomic E-state index is 0.123. The smallest absolute Gasteiger partial charge is 0.358 e. The number of rotatable bonds is 10. The van der Waals surface area contributed by atoms with Crippen molar-refractivity contribution in [1.29, 1.82) is 0 Å². The van der Waals surface area contributed by atoms with Crippen molar-refractivity contribution in [2.75, 3.05) is 17.3 Å². The first kappa shape index (κ1) is 26.3. The number of thioether (sulfide) groups is 1. The van der Waals surface area contributed by atoms with Crippen LogP contribution in [0.1, 0.15) is 12.5 Å². The molecule has 0 bridgehead atoms. The summed E-state index contributed by atoms with van der Waals surface area (Å²) < 4.78 is 10.5. The van der Waals surface area contributed by atoms with Crippen LogP contribution in [-0.4, -0.2) is 57.3 Å². The second kappa shape index (κ2) is 11.9. The third-order valence-corrected chi connectivity index (χ3v) is 6.61. The van der Waals surface area contributed by atoms with Crippen molar-refractivity contribution in [3.8, 4) is 5.75 Å². The molecule has 1 fully saturated rings. The maximum Gasteiger partial charge on any atom is 0.358 e. The van der Waals surface area contributed by atoms with Gasteiger partial charge in [0, 0.05) is 12.6 Å². The third-order valence-electron chi connectivity index (χ3n) is 5.22. The van der Waals surface area contributed by atoms with Crippen molar-refractivity contribution in [1.82, 2.24) is 4.90 Å². The first-order valence-electron chi connectivity index (χ1n) is 10.4. The summed E-state index contributed by atoms with van der Waals surface area (Å²) in [6.07, 6.45) is 0. The average Bonchev–Trinajstić information content (AvgIpc) is 2.88. The number of hydrogen-bond acceptors (Lipinski definition) is 8. The number of anilines is 1. The lowest BCUT2D eigenvalue weighted by molar-refractivity contribution is -0.152. The molecule has 2 aromatic rings. The van der Waals surface area contributed by atoms with Gasteiger partial charge in [-0.3, -0.25) is 24.2 Å². The van der Waals surface area contributed by atoms with Gasteiger partial charge in [-0.05, 0) is 29.8 Å². The summed E-state index contributed by atoms with van der Waals surface area (Å²) in [6, 6.07) is 14.3. The number of amides is 2. The predicted octanol–water partition coefficient (Wildman–Crippen LogP) is 3.42. The molecule has 3 rings (SSSR count). The molecule has 35 heavy (non-hydrogen) atoms. The Morgan fingerprint density at radius 3 is 2.37 bits per heavy atom. The number of para-hydroxylation sites is 1. The first-order valence-corrected chi connectivity index (χ1v) is 12.5. The van der Waals surface area contributed by atoms with E-state index in [-0.39, 0.29) is 11.9 Å². The number of β-lactam (4-membered cyclic amide) rings is 1. The number of aliphatic hydroxyl groups is 1. The summed E-state index contributed by atoms with van der Waals surface area (Å²) in [4.78, 5) is 52.5. The van der Waals surface area contributed by atoms with E-state index >= 15 is 0 Å². The fraction of sp³-hybridized carbons (Fsp3) is 0.250. The van der Waals surface area contributed by atoms with E-state index in [0.717, 1.165) is 16.7 Å². The van der Waals surface area contributed by atoms with Gasteiger partial charge in [0.2, 0.25) is 5.91 Å². The number of hydrogen-bond donors (Lipinski definition) is 1. The van der Waals surface area contributed by atoms with Gasteiger partial charge in [-0.2, -0.15) is 0 Å². The van der Waals surface area contributed by atoms with Crippen LogP contribution in [0.25, 0.3) is 0 Å². The summed E-state index contributed by atoms with van der Waals surface area (Å²) in [7, 11) is 1.53. The molecule has 1 heterocycles. The van der Waals surface area contributed by atoms with E-state index in [4.69, 9.17) is 9.47 Å². The molecular formula is C24H23BrN2O7S. The molecule has 0 saturated carbocycles. The highest BCUT2D eigenvalue weighted by atomic mass is 79.9. The summed E-state index contributed by atoms with van der Waals surface area (Å²) in [5.74, 6) is -1.80. The van der Waals surface area contributed by atoms with Gasteiger partial charge < -0.3 is 14.6 Å². The number of carbonyl (C=O) groups is 4. The monoisotopic (exact) mass is 562 g/mol. The maximum atomic E-state index is 13.3. The van der Waals surface area contributed by atoms with Gasteiger partial charge in [0.05, 0.1) is 12.4 Å². The normalized spacial score (nSPS) is 17.7. The number of methoxy groups -OCH3 is 1. The Bertz CT molecular complexity index is 1120. The van der Waals surface area contributed by atoms with Crippen LogP contribution in [0.15, 0.2) is 66.1 Å². The number of likely N-dealkylation sites (tertiary alicyclic amines) is 1. The van der Waals surface area contributed by atoms with Gasteiger partial charge in [0.15, 0.2) is 11.3 Å². The molecular weight excluding hydrogens is 540 g/mol. The quantitative estimate of drug-likeness (QED) is 0.117. The van der Waals surface area contributed by atoms with Crippen LogP contribution in [0, 0.1) is 0 Å². The lowest BCUT2D eigenvalue weighted by Crippen LogP contribution is -2.70. The molecule has 1 N–H and O–H groups in total. The summed E-state index contributed by atoms with van der Waals surface area (Å²) >= 11 is 3.81. The molecule has 184 valence electrons. The Kier molecular flexibility index (Phi) is 8.94. The molecule has 0 radical (unpaired) electrons. The zero-order valence-electron chi connectivity index (χ0n) is 18.9. The van der Waals surface area contributed by atoms with Crippen molar-refractivity contribution in [2.45, 2.75) is 24.9 Å². The number of allylic oxidation sites excluding steroid dienone is 1. The van der Waals surface area contributed by atoms with Crippen LogP contribution in [0.5, 0.6) is 5.75 Å². The number of ether oxygens (including phenoxy) is 2. The van der Waals surface area contributed by atoms with Gasteiger partial charge in [0.25, 0.3) is 5.91 Å². The van der Waals surface area contributed by atoms with Crippen molar-refractivity contribution in [2.24, 2.45) is 0 Å². The standard InChI is InChI=1S/C24H23BrN2O7S/c1-15(29)26(17-6-4-3-5-7-17)21-22(31)27(23(21)35-14-28)20(19(30)12-25)24(32)34-13-16-8-10-18(33-2)11-9-16/h3-11,14,21,23,30H,12-13H2,1-2H3. The second-order valence-corrected chi connectivity index (χ2v) is 8.86. The van der Waals surface area contributed by atoms with Gasteiger partial charge >= 0.3 is 5.97 Å². The number of aliphatic hydroxyl groups excluding tert-OH is 1. The minimum atomic E-state index is -1.06. The molecule has 0 aliphatic carbocycles. The van der Waals surface area contributed by atoms with Crippen molar-refractivity contribution in [3.05, 3.63) is 71.6 Å². The largest absolute Gasteiger partial charge is 0.509 e. The van der Waals surface area contributed by atoms with Crippen LogP contribution in [0.4, 0.5) is 5.69 Å². The van der Waals surface area contributed by atoms with E-state index in [1.54, 1.807) is 54.6 Å². The lowest BCUT2D eigenvalue weighted by Gasteiger charge is -2.49. The molecule has 11 heteroatoms. The minimum Gasteiger partial charge on any atom is -0.509 e. The summed E-state index contributed by atoms with van der Waals surface area (Å²) in [6.45, 7) is 1.18. The maximum absolute atomic E-state index is 13.3. The second-order valence-electron chi connectivity index (χ2n) is 7.35. The molecule has 1 saturated heterocycles. The number of benzene rings is 2. The zero-order chi connectivity index (χ0) is 25.5. The Morgan fingerprint density at radius 1 is 1.17 bits per heavy atom. The van der Waals surface area contributed by atoms with Crippen LogP contribution < -0.4 is 9.64 Å². The van der Waals surface area contributed by atoms with Crippen molar-refractivity contribution < 1.29 is 33.8 Å². The Labute approximate surface area is 214 Å². The number of esters is 1. The Balaban J connectivity index is 1.88. The Hall–Kier alpha value is -3.31. The van der Waals surface area contributed by atoms with E-state index in [1.165, 1.54) is 18.9 Å². The zero-order valence-corrected chi connectivity index (χ0v) is 21.3. The van der Waals surface area contributed by atoms with Crippen LogP contribution >= 0.6 is 27.7 Å². The summed E-state index contributed by atoms with van der Waals surface area (Å²) in [5, 5.41) is 9.40. The Morgan fingerprint density at radius 2 is 1.83 bits per heavy atom. The van der Waals surface area contributed by atoms with Crippen LogP contribution in [0.3, 0.4) is 0 Å². The number of carbonyl (C=O) groups excluding carboxylic acids is 4. The fourth-order valence-corrected chi connectivity index (χ4v) is 4.70. The average molecular weight is 563 g/mol. The van der Waals surface area contributed by atoms with Crippen LogP contribution in [-0.2, 0) is 30.5 Å². The number of alkyl halides is 1. The van der Waals surface area contributed by atoms with Gasteiger partial charge in [-0.1, -0.05) is 58.0 Å². The van der Waals surface area contributed by atoms with E-state index < -0.39 is 40.7 Å². The topological polar surface area (TPSA) is 113 Å². The molecule has 2 atom stereocenters. The lowest BCUT2D eigenvalue weighted by atomic mass is 10.0. The molecule has 2 unspecified atom stereocenters. The molecule has 2 aromatic carbocycles. The fourth-order valence-electron chi connectivity index (χ4n) is 3.60. The van der Waals surface area contributed by atoms with Crippen molar-refractivity contribution >= 4 is 56.8 Å². The summed E-state index contributed by atoms with van der Waals surface area (Å²) in [5.41, 5.74) is 1.25. The van der Waals surface area contributed by atoms with E-state index in [9.17, 15) is 24.3 Å². The van der Waals surface area contributed by atoms with E-state index in [0.29, 0.717) is 22.6 Å². The van der Waals surface area contributed by atoms with Crippen molar-refractivity contribution in [3.63, 3.8) is 0 Å². The third kappa shape index (κ3) is 5.68. The molecule has 0 spiro atoms. The molecule has 2 amide bonds. The number of nitrogens with zero attached hydrogens (tertiary/aromatic N) is 2. The highest BCUT2D eigenvalue weighted by Crippen LogP contribution is 2.39.